The number of rotatable bonds is 5. The van der Waals surface area contributed by atoms with Gasteiger partial charge in [-0.15, -0.1) is 0 Å². The van der Waals surface area contributed by atoms with Gasteiger partial charge in [-0.05, 0) is 38.6 Å². The minimum absolute atomic E-state index is 0.0733. The second-order valence-corrected chi connectivity index (χ2v) is 5.04. The normalized spacial score (nSPS) is 25.2. The average Bonchev–Trinajstić information content (AvgIpc) is 2.31. The highest BCUT2D eigenvalue weighted by Gasteiger charge is 2.58. The lowest BCUT2D eigenvalue weighted by atomic mass is 9.92. The Hall–Kier alpha value is -0.500. The fourth-order valence-electron chi connectivity index (χ4n) is 2.33. The summed E-state index contributed by atoms with van der Waals surface area (Å²) < 4.78 is 78.8. The number of halogens is 6. The molecular weight excluding hydrogens is 288 g/mol. The third kappa shape index (κ3) is 5.47. The molecule has 0 aromatic heterocycles. The summed E-state index contributed by atoms with van der Waals surface area (Å²) in [6.07, 6.45) is -13.0. The van der Waals surface area contributed by atoms with E-state index in [0.29, 0.717) is 13.0 Å². The zero-order valence-electron chi connectivity index (χ0n) is 11.2. The van der Waals surface area contributed by atoms with Crippen LogP contribution in [0.4, 0.5) is 26.3 Å². The van der Waals surface area contributed by atoms with Crippen LogP contribution in [0.15, 0.2) is 0 Å². The molecule has 2 atom stereocenters. The maximum Gasteiger partial charge on any atom is 0.423 e. The predicted octanol–water partition coefficient (Wildman–Crippen LogP) is 3.81. The molecule has 1 fully saturated rings. The summed E-state index contributed by atoms with van der Waals surface area (Å²) in [5.41, 5.74) is 0. The molecule has 2 unspecified atom stereocenters. The molecule has 0 saturated heterocycles. The van der Waals surface area contributed by atoms with Crippen molar-refractivity contribution in [2.45, 2.75) is 69.6 Å². The summed E-state index contributed by atoms with van der Waals surface area (Å²) in [6.45, 7) is 2.63. The molecule has 0 radical (unpaired) electrons. The fourth-order valence-corrected chi connectivity index (χ4v) is 2.33. The van der Waals surface area contributed by atoms with Gasteiger partial charge >= 0.3 is 12.4 Å². The summed E-state index contributed by atoms with van der Waals surface area (Å²) in [7, 11) is 0. The van der Waals surface area contributed by atoms with E-state index in [1.807, 2.05) is 6.92 Å². The Morgan fingerprint density at radius 3 is 2.20 bits per heavy atom. The van der Waals surface area contributed by atoms with Crippen LogP contribution in [-0.2, 0) is 4.74 Å². The lowest BCUT2D eigenvalue weighted by Gasteiger charge is -2.33. The van der Waals surface area contributed by atoms with Gasteiger partial charge < -0.3 is 10.1 Å². The minimum Gasteiger partial charge on any atom is -0.358 e. The Morgan fingerprint density at radius 2 is 1.70 bits per heavy atom. The summed E-state index contributed by atoms with van der Waals surface area (Å²) >= 11 is 0. The molecule has 2 nitrogen and oxygen atoms in total. The van der Waals surface area contributed by atoms with E-state index in [-0.39, 0.29) is 18.9 Å². The van der Waals surface area contributed by atoms with Crippen molar-refractivity contribution >= 4 is 0 Å². The van der Waals surface area contributed by atoms with E-state index in [0.717, 1.165) is 12.8 Å². The zero-order chi connectivity index (χ0) is 15.4. The zero-order valence-corrected chi connectivity index (χ0v) is 11.2. The van der Waals surface area contributed by atoms with Gasteiger partial charge in [0.25, 0.3) is 0 Å². The maximum absolute atomic E-state index is 12.4. The van der Waals surface area contributed by atoms with E-state index in [9.17, 15) is 26.3 Å². The predicted molar refractivity (Wildman–Crippen MR) is 61.3 cm³/mol. The van der Waals surface area contributed by atoms with Crippen LogP contribution in [0.1, 0.15) is 39.0 Å². The minimum atomic E-state index is -5.43. The Labute approximate surface area is 113 Å². The highest BCUT2D eigenvalue weighted by atomic mass is 19.4. The first-order chi connectivity index (χ1) is 9.14. The van der Waals surface area contributed by atoms with Crippen LogP contribution >= 0.6 is 0 Å². The number of alkyl halides is 6. The van der Waals surface area contributed by atoms with Gasteiger partial charge in [-0.1, -0.05) is 6.92 Å². The lowest BCUT2D eigenvalue weighted by molar-refractivity contribution is -0.332. The van der Waals surface area contributed by atoms with Crippen LogP contribution in [0, 0.1) is 0 Å². The van der Waals surface area contributed by atoms with Crippen LogP contribution < -0.4 is 5.32 Å². The Bertz CT molecular complexity index is 277. The summed E-state index contributed by atoms with van der Waals surface area (Å²) in [5, 5.41) is 3.11. The standard InChI is InChI=1S/C12H19F6NO/c1-2-6-19-8-4-3-5-9(7-8)20-10(11(13,14)15)12(16,17)18/h8-10,19H,2-7H2,1H3. The molecule has 1 aliphatic carbocycles. The number of hydrogen-bond donors (Lipinski definition) is 1. The molecule has 1 aliphatic rings. The van der Waals surface area contributed by atoms with Gasteiger partial charge in [0, 0.05) is 6.04 Å². The lowest BCUT2D eigenvalue weighted by Crippen LogP contribution is -2.48. The van der Waals surface area contributed by atoms with E-state index >= 15 is 0 Å². The van der Waals surface area contributed by atoms with Crippen LogP contribution in [0.2, 0.25) is 0 Å². The Morgan fingerprint density at radius 1 is 1.10 bits per heavy atom. The van der Waals surface area contributed by atoms with Gasteiger partial charge in [0.1, 0.15) is 0 Å². The summed E-state index contributed by atoms with van der Waals surface area (Å²) in [6, 6.07) is -0.0733. The van der Waals surface area contributed by atoms with E-state index in [2.05, 4.69) is 10.1 Å². The largest absolute Gasteiger partial charge is 0.423 e. The molecule has 1 N–H and O–H groups in total. The average molecular weight is 307 g/mol. The first kappa shape index (κ1) is 17.6. The van der Waals surface area contributed by atoms with Crippen molar-refractivity contribution in [3.63, 3.8) is 0 Å². The quantitative estimate of drug-likeness (QED) is 0.780. The van der Waals surface area contributed by atoms with Gasteiger partial charge in [0.05, 0.1) is 6.10 Å². The molecule has 20 heavy (non-hydrogen) atoms. The number of nitrogens with one attached hydrogen (secondary N) is 1. The molecule has 1 rings (SSSR count). The van der Waals surface area contributed by atoms with E-state index < -0.39 is 24.6 Å². The van der Waals surface area contributed by atoms with Crippen molar-refractivity contribution in [1.82, 2.24) is 5.32 Å². The molecule has 8 heteroatoms. The van der Waals surface area contributed by atoms with E-state index in [1.54, 1.807) is 0 Å². The first-order valence-electron chi connectivity index (χ1n) is 6.66. The Kier molecular flexibility index (Phi) is 6.12. The molecule has 0 spiro atoms. The van der Waals surface area contributed by atoms with Crippen molar-refractivity contribution in [3.05, 3.63) is 0 Å². The molecule has 0 aromatic carbocycles. The summed E-state index contributed by atoms with van der Waals surface area (Å²) in [4.78, 5) is 0. The molecule has 0 bridgehead atoms. The van der Waals surface area contributed by atoms with Gasteiger partial charge in [-0.3, -0.25) is 0 Å². The van der Waals surface area contributed by atoms with E-state index in [1.165, 1.54) is 0 Å². The fraction of sp³-hybridized carbons (Fsp3) is 1.00. The highest BCUT2D eigenvalue weighted by molar-refractivity contribution is 4.83. The second-order valence-electron chi connectivity index (χ2n) is 5.04. The van der Waals surface area contributed by atoms with Crippen molar-refractivity contribution < 1.29 is 31.1 Å². The molecule has 0 amide bonds. The van der Waals surface area contributed by atoms with Crippen LogP contribution in [0.3, 0.4) is 0 Å². The van der Waals surface area contributed by atoms with Crippen LogP contribution in [-0.4, -0.2) is 37.1 Å². The third-order valence-electron chi connectivity index (χ3n) is 3.23. The molecule has 0 aromatic rings. The maximum atomic E-state index is 12.4. The smallest absolute Gasteiger partial charge is 0.358 e. The molecule has 1 saturated carbocycles. The monoisotopic (exact) mass is 307 g/mol. The molecule has 0 aliphatic heterocycles. The third-order valence-corrected chi connectivity index (χ3v) is 3.23. The highest BCUT2D eigenvalue weighted by Crippen LogP contribution is 2.38. The second kappa shape index (κ2) is 6.98. The van der Waals surface area contributed by atoms with Crippen LogP contribution in [0.5, 0.6) is 0 Å². The van der Waals surface area contributed by atoms with Gasteiger partial charge in [-0.25, -0.2) is 0 Å². The summed E-state index contributed by atoms with van der Waals surface area (Å²) in [5.74, 6) is 0. The number of hydrogen-bond acceptors (Lipinski definition) is 2. The van der Waals surface area contributed by atoms with Crippen molar-refractivity contribution in [2.75, 3.05) is 6.54 Å². The first-order valence-corrected chi connectivity index (χ1v) is 6.66. The van der Waals surface area contributed by atoms with Crippen LogP contribution in [0.25, 0.3) is 0 Å². The van der Waals surface area contributed by atoms with Crippen molar-refractivity contribution in [2.24, 2.45) is 0 Å². The Balaban J connectivity index is 2.60. The van der Waals surface area contributed by atoms with Crippen molar-refractivity contribution in [3.8, 4) is 0 Å². The van der Waals surface area contributed by atoms with Gasteiger partial charge in [0.2, 0.25) is 6.10 Å². The number of ether oxygens (including phenoxy) is 1. The SMILES string of the molecule is CCCNC1CCCC(OC(C(F)(F)F)C(F)(F)F)C1. The molecule has 0 heterocycles. The molecule has 120 valence electrons. The van der Waals surface area contributed by atoms with E-state index in [4.69, 9.17) is 0 Å². The topological polar surface area (TPSA) is 21.3 Å². The van der Waals surface area contributed by atoms with Gasteiger partial charge in [0.15, 0.2) is 0 Å². The van der Waals surface area contributed by atoms with Gasteiger partial charge in [-0.2, -0.15) is 26.3 Å². The molecular formula is C12H19F6NO. The van der Waals surface area contributed by atoms with Crippen molar-refractivity contribution in [1.29, 1.82) is 0 Å².